The van der Waals surface area contributed by atoms with Gasteiger partial charge in [-0.3, -0.25) is 19.9 Å². The minimum Gasteiger partial charge on any atom is -0.319 e. The third kappa shape index (κ3) is 2.74. The number of carbonyl (C=O) groups excluding carboxylic acids is 1. The van der Waals surface area contributed by atoms with Gasteiger partial charge in [-0.15, -0.1) is 0 Å². The number of pyridine rings is 1. The summed E-state index contributed by atoms with van der Waals surface area (Å²) in [5.41, 5.74) is -1.14. The first-order valence-corrected chi connectivity index (χ1v) is 5.34. The number of rotatable bonds is 3. The van der Waals surface area contributed by atoms with Gasteiger partial charge in [0.05, 0.1) is 22.4 Å². The molecule has 1 heterocycles. The van der Waals surface area contributed by atoms with Gasteiger partial charge in [-0.25, -0.2) is 8.78 Å². The number of aromatic nitrogens is 1. The zero-order chi connectivity index (χ0) is 14.7. The molecule has 0 aliphatic rings. The van der Waals surface area contributed by atoms with E-state index in [0.29, 0.717) is 0 Å². The minimum absolute atomic E-state index is 0.342. The predicted octanol–water partition coefficient (Wildman–Crippen LogP) is 2.52. The molecule has 1 amide bonds. The molecule has 102 valence electrons. The third-order valence-corrected chi connectivity index (χ3v) is 2.43. The maximum Gasteiger partial charge on any atom is 0.271 e. The van der Waals surface area contributed by atoms with Crippen molar-refractivity contribution in [3.05, 3.63) is 64.0 Å². The zero-order valence-electron chi connectivity index (χ0n) is 9.84. The topological polar surface area (TPSA) is 85.1 Å². The third-order valence-electron chi connectivity index (χ3n) is 2.43. The van der Waals surface area contributed by atoms with Gasteiger partial charge in [0.15, 0.2) is 5.82 Å². The summed E-state index contributed by atoms with van der Waals surface area (Å²) in [6.45, 7) is 0. The summed E-state index contributed by atoms with van der Waals surface area (Å²) in [5.74, 6) is -2.67. The Morgan fingerprint density at radius 3 is 2.65 bits per heavy atom. The van der Waals surface area contributed by atoms with Crippen LogP contribution < -0.4 is 5.32 Å². The van der Waals surface area contributed by atoms with Crippen LogP contribution in [-0.4, -0.2) is 15.8 Å². The van der Waals surface area contributed by atoms with Crippen LogP contribution in [0.15, 0.2) is 36.7 Å². The van der Waals surface area contributed by atoms with Crippen molar-refractivity contribution in [3.63, 3.8) is 0 Å². The van der Waals surface area contributed by atoms with Gasteiger partial charge in [-0.1, -0.05) is 0 Å². The zero-order valence-corrected chi connectivity index (χ0v) is 9.84. The molecule has 0 aliphatic heterocycles. The lowest BCUT2D eigenvalue weighted by Gasteiger charge is -2.06. The Labute approximate surface area is 111 Å². The predicted molar refractivity (Wildman–Crippen MR) is 65.2 cm³/mol. The maximum absolute atomic E-state index is 13.5. The van der Waals surface area contributed by atoms with Gasteiger partial charge < -0.3 is 5.32 Å². The molecule has 8 heteroatoms. The molecule has 2 rings (SSSR count). The molecule has 0 saturated heterocycles. The molecular formula is C12H7F2N3O3. The van der Waals surface area contributed by atoms with Crippen molar-refractivity contribution in [2.45, 2.75) is 0 Å². The molecule has 2 aromatic rings. The van der Waals surface area contributed by atoms with Crippen LogP contribution in [0.25, 0.3) is 0 Å². The largest absolute Gasteiger partial charge is 0.319 e. The monoisotopic (exact) mass is 279 g/mol. The SMILES string of the molecule is O=C(Nc1cc([N+](=O)[O-])ccc1F)c1ccncc1F. The van der Waals surface area contributed by atoms with E-state index in [2.05, 4.69) is 10.3 Å². The number of halogens is 2. The number of hydrogen-bond donors (Lipinski definition) is 1. The number of carbonyl (C=O) groups is 1. The van der Waals surface area contributed by atoms with Crippen molar-refractivity contribution in [2.24, 2.45) is 0 Å². The Balaban J connectivity index is 2.30. The highest BCUT2D eigenvalue weighted by atomic mass is 19.1. The lowest BCUT2D eigenvalue weighted by atomic mass is 10.2. The summed E-state index contributed by atoms with van der Waals surface area (Å²) >= 11 is 0. The molecule has 1 aromatic heterocycles. The fourth-order valence-electron chi connectivity index (χ4n) is 1.47. The first-order valence-electron chi connectivity index (χ1n) is 5.34. The first-order chi connectivity index (χ1) is 9.49. The van der Waals surface area contributed by atoms with Crippen LogP contribution in [0.1, 0.15) is 10.4 Å². The van der Waals surface area contributed by atoms with E-state index in [1.807, 2.05) is 0 Å². The highest BCUT2D eigenvalue weighted by Gasteiger charge is 2.16. The fraction of sp³-hybridized carbons (Fsp3) is 0. The van der Waals surface area contributed by atoms with Crippen LogP contribution in [0.5, 0.6) is 0 Å². The van der Waals surface area contributed by atoms with Crippen molar-refractivity contribution < 1.29 is 18.5 Å². The van der Waals surface area contributed by atoms with E-state index in [0.717, 1.165) is 30.5 Å². The van der Waals surface area contributed by atoms with Crippen molar-refractivity contribution in [3.8, 4) is 0 Å². The minimum atomic E-state index is -0.927. The fourth-order valence-corrected chi connectivity index (χ4v) is 1.47. The number of hydrogen-bond acceptors (Lipinski definition) is 4. The van der Waals surface area contributed by atoms with Crippen molar-refractivity contribution in [1.82, 2.24) is 4.98 Å². The van der Waals surface area contributed by atoms with Crippen LogP contribution in [0, 0.1) is 21.7 Å². The quantitative estimate of drug-likeness (QED) is 0.691. The van der Waals surface area contributed by atoms with E-state index in [1.54, 1.807) is 0 Å². The number of amides is 1. The molecule has 0 fully saturated rings. The van der Waals surface area contributed by atoms with Crippen LogP contribution in [0.2, 0.25) is 0 Å². The molecule has 0 atom stereocenters. The van der Waals surface area contributed by atoms with Gasteiger partial charge in [0.1, 0.15) is 5.82 Å². The highest BCUT2D eigenvalue weighted by Crippen LogP contribution is 2.22. The Bertz CT molecular complexity index is 691. The molecule has 6 nitrogen and oxygen atoms in total. The molecule has 0 unspecified atom stereocenters. The molecule has 20 heavy (non-hydrogen) atoms. The van der Waals surface area contributed by atoms with Gasteiger partial charge in [0, 0.05) is 18.3 Å². The van der Waals surface area contributed by atoms with Crippen LogP contribution in [0.4, 0.5) is 20.2 Å². The van der Waals surface area contributed by atoms with Gasteiger partial charge in [0.2, 0.25) is 0 Å². The second kappa shape index (κ2) is 5.39. The van der Waals surface area contributed by atoms with Crippen molar-refractivity contribution in [1.29, 1.82) is 0 Å². The average Bonchev–Trinajstić information content (AvgIpc) is 2.41. The van der Waals surface area contributed by atoms with E-state index in [9.17, 15) is 23.7 Å². The van der Waals surface area contributed by atoms with E-state index >= 15 is 0 Å². The van der Waals surface area contributed by atoms with E-state index in [4.69, 9.17) is 0 Å². The Morgan fingerprint density at radius 1 is 1.25 bits per heavy atom. The molecule has 1 aromatic carbocycles. The molecule has 0 bridgehead atoms. The van der Waals surface area contributed by atoms with Gasteiger partial charge in [0.25, 0.3) is 11.6 Å². The van der Waals surface area contributed by atoms with Gasteiger partial charge in [-0.05, 0) is 12.1 Å². The summed E-state index contributed by atoms with van der Waals surface area (Å²) in [5, 5.41) is 12.7. The number of nitrogens with one attached hydrogen (secondary N) is 1. The van der Waals surface area contributed by atoms with Gasteiger partial charge in [-0.2, -0.15) is 0 Å². The molecule has 1 N–H and O–H groups in total. The lowest BCUT2D eigenvalue weighted by Crippen LogP contribution is -2.15. The second-order valence-corrected chi connectivity index (χ2v) is 3.73. The number of benzene rings is 1. The first kappa shape index (κ1) is 13.5. The number of nitrogens with zero attached hydrogens (tertiary/aromatic N) is 2. The Kier molecular flexibility index (Phi) is 3.65. The summed E-state index contributed by atoms with van der Waals surface area (Å²) in [7, 11) is 0. The number of nitro benzene ring substituents is 1. The van der Waals surface area contributed by atoms with Crippen LogP contribution in [0.3, 0.4) is 0 Å². The molecule has 0 aliphatic carbocycles. The van der Waals surface area contributed by atoms with Crippen LogP contribution >= 0.6 is 0 Å². The van der Waals surface area contributed by atoms with Crippen molar-refractivity contribution >= 4 is 17.3 Å². The van der Waals surface area contributed by atoms with E-state index in [-0.39, 0.29) is 5.56 Å². The molecular weight excluding hydrogens is 272 g/mol. The van der Waals surface area contributed by atoms with E-state index in [1.165, 1.54) is 6.20 Å². The standard InChI is InChI=1S/C12H7F2N3O3/c13-9-2-1-7(17(19)20)5-11(9)16-12(18)8-3-4-15-6-10(8)14/h1-6H,(H,16,18). The number of non-ortho nitro benzene ring substituents is 1. The molecule has 0 spiro atoms. The number of nitro groups is 1. The average molecular weight is 279 g/mol. The summed E-state index contributed by atoms with van der Waals surface area (Å²) < 4.78 is 26.8. The smallest absolute Gasteiger partial charge is 0.271 e. The highest BCUT2D eigenvalue weighted by molar-refractivity contribution is 6.04. The summed E-state index contributed by atoms with van der Waals surface area (Å²) in [6.07, 6.45) is 2.03. The maximum atomic E-state index is 13.5. The lowest BCUT2D eigenvalue weighted by molar-refractivity contribution is -0.384. The number of anilines is 1. The molecule has 0 radical (unpaired) electrons. The van der Waals surface area contributed by atoms with E-state index < -0.39 is 33.8 Å². The van der Waals surface area contributed by atoms with Crippen molar-refractivity contribution in [2.75, 3.05) is 5.32 Å². The normalized spacial score (nSPS) is 10.1. The Morgan fingerprint density at radius 2 is 2.00 bits per heavy atom. The van der Waals surface area contributed by atoms with Crippen LogP contribution in [-0.2, 0) is 0 Å². The summed E-state index contributed by atoms with van der Waals surface area (Å²) in [4.78, 5) is 25.1. The van der Waals surface area contributed by atoms with Gasteiger partial charge >= 0.3 is 0 Å². The Hall–Kier alpha value is -2.90. The summed E-state index contributed by atoms with van der Waals surface area (Å²) in [6, 6.07) is 3.76. The second-order valence-electron chi connectivity index (χ2n) is 3.73. The molecule has 0 saturated carbocycles.